The maximum Gasteiger partial charge on any atom is 0.255 e. The average molecular weight is 277 g/mol. The van der Waals surface area contributed by atoms with Crippen LogP contribution < -0.4 is 21.5 Å². The van der Waals surface area contributed by atoms with Crippen molar-refractivity contribution in [3.05, 3.63) is 40.6 Å². The van der Waals surface area contributed by atoms with Gasteiger partial charge in [0.05, 0.1) is 6.54 Å². The third-order valence-corrected chi connectivity index (χ3v) is 3.38. The molecular weight excluding hydrogens is 262 g/mol. The van der Waals surface area contributed by atoms with Gasteiger partial charge in [-0.05, 0) is 23.6 Å². The molecule has 6 heteroatoms. The van der Waals surface area contributed by atoms with Gasteiger partial charge in [-0.3, -0.25) is 4.79 Å². The Morgan fingerprint density at radius 2 is 2.21 bits per heavy atom. The summed E-state index contributed by atoms with van der Waals surface area (Å²) in [5, 5.41) is 5.21. The van der Waals surface area contributed by atoms with Gasteiger partial charge >= 0.3 is 0 Å². The maximum atomic E-state index is 10.6. The van der Waals surface area contributed by atoms with E-state index >= 15 is 0 Å². The fraction of sp³-hybridized carbons (Fsp3) is 0.154. The molecule has 0 radical (unpaired) electrons. The van der Waals surface area contributed by atoms with Crippen molar-refractivity contribution in [3.8, 4) is 5.75 Å². The summed E-state index contributed by atoms with van der Waals surface area (Å²) < 4.78 is 5.23. The first-order valence-corrected chi connectivity index (χ1v) is 6.60. The van der Waals surface area contributed by atoms with Gasteiger partial charge in [-0.25, -0.2) is 0 Å². The molecular formula is C13H15N3O2S. The molecule has 1 heterocycles. The molecule has 0 unspecified atom stereocenters. The first kappa shape index (κ1) is 13.2. The van der Waals surface area contributed by atoms with E-state index < -0.39 is 5.91 Å². The first-order valence-electron chi connectivity index (χ1n) is 5.72. The van der Waals surface area contributed by atoms with Gasteiger partial charge in [-0.15, -0.1) is 11.3 Å². The molecule has 0 bridgehead atoms. The summed E-state index contributed by atoms with van der Waals surface area (Å²) in [5.41, 5.74) is 12.5. The molecule has 5 nitrogen and oxygen atoms in total. The van der Waals surface area contributed by atoms with Crippen LogP contribution in [0.15, 0.2) is 35.7 Å². The molecule has 2 rings (SSSR count). The molecule has 100 valence electrons. The first-order chi connectivity index (χ1) is 9.15. The number of nitrogens with two attached hydrogens (primary N) is 2. The van der Waals surface area contributed by atoms with Gasteiger partial charge in [0.2, 0.25) is 0 Å². The minimum Gasteiger partial charge on any atom is -0.484 e. The number of hydrogen-bond acceptors (Lipinski definition) is 5. The summed E-state index contributed by atoms with van der Waals surface area (Å²) in [5.74, 6) is 0.104. The zero-order valence-electron chi connectivity index (χ0n) is 10.3. The van der Waals surface area contributed by atoms with Crippen molar-refractivity contribution >= 4 is 28.6 Å². The van der Waals surface area contributed by atoms with Crippen LogP contribution in [-0.2, 0) is 11.3 Å². The van der Waals surface area contributed by atoms with Crippen LogP contribution in [0, 0.1) is 0 Å². The topological polar surface area (TPSA) is 90.4 Å². The van der Waals surface area contributed by atoms with Crippen LogP contribution in [0.4, 0.5) is 11.4 Å². The molecule has 0 saturated heterocycles. The summed E-state index contributed by atoms with van der Waals surface area (Å²) in [6.45, 7) is 0.532. The van der Waals surface area contributed by atoms with Gasteiger partial charge in [-0.2, -0.15) is 0 Å². The van der Waals surface area contributed by atoms with Crippen LogP contribution in [0.1, 0.15) is 4.88 Å². The lowest BCUT2D eigenvalue weighted by Gasteiger charge is -2.08. The number of nitrogens with one attached hydrogen (secondary N) is 1. The fourth-order valence-corrected chi connectivity index (χ4v) is 2.27. The molecule has 0 spiro atoms. The number of rotatable bonds is 6. The molecule has 0 aliphatic rings. The molecule has 19 heavy (non-hydrogen) atoms. The van der Waals surface area contributed by atoms with E-state index in [2.05, 4.69) is 5.32 Å². The van der Waals surface area contributed by atoms with Crippen molar-refractivity contribution in [2.45, 2.75) is 6.54 Å². The van der Waals surface area contributed by atoms with Gasteiger partial charge in [0.1, 0.15) is 5.75 Å². The third-order valence-electron chi connectivity index (χ3n) is 2.45. The van der Waals surface area contributed by atoms with Crippen LogP contribution in [0.25, 0.3) is 0 Å². The average Bonchev–Trinajstić information content (AvgIpc) is 2.80. The quantitative estimate of drug-likeness (QED) is 0.751. The van der Waals surface area contributed by atoms with Crippen molar-refractivity contribution in [3.63, 3.8) is 0 Å². The number of ether oxygens (including phenoxy) is 1. The Morgan fingerprint density at radius 3 is 2.89 bits per heavy atom. The van der Waals surface area contributed by atoms with Crippen LogP contribution >= 0.6 is 11.3 Å². The molecule has 0 aliphatic heterocycles. The molecule has 1 aromatic carbocycles. The number of anilines is 2. The molecule has 5 N–H and O–H groups in total. The summed E-state index contributed by atoms with van der Waals surface area (Å²) in [6, 6.07) is 9.23. The van der Waals surface area contributed by atoms with Crippen LogP contribution in [0.3, 0.4) is 0 Å². The van der Waals surface area contributed by atoms with E-state index in [0.717, 1.165) is 16.3 Å². The predicted octanol–water partition coefficient (Wildman–Crippen LogP) is 1.81. The normalized spacial score (nSPS) is 10.1. The molecule has 0 atom stereocenters. The summed E-state index contributed by atoms with van der Waals surface area (Å²) in [6.07, 6.45) is 0. The second-order valence-electron chi connectivity index (χ2n) is 3.94. The largest absolute Gasteiger partial charge is 0.484 e. The molecule has 1 aromatic heterocycles. The van der Waals surface area contributed by atoms with Gasteiger partial charge in [0.15, 0.2) is 6.61 Å². The zero-order valence-corrected chi connectivity index (χ0v) is 11.1. The number of nitrogen functional groups attached to an aromatic ring is 1. The van der Waals surface area contributed by atoms with Gasteiger partial charge < -0.3 is 21.5 Å². The standard InChI is InChI=1S/C13H15N3O2S/c14-11-4-5-19-12(11)7-16-9-2-1-3-10(6-9)18-8-13(15)17/h1-6,16H,7-8,14H2,(H2,15,17). The SMILES string of the molecule is NC(=O)COc1cccc(NCc2sccc2N)c1. The molecule has 0 fully saturated rings. The second kappa shape index (κ2) is 6.10. The number of amides is 1. The Bertz CT molecular complexity index is 569. The smallest absolute Gasteiger partial charge is 0.255 e. The van der Waals surface area contributed by atoms with Crippen LogP contribution in [0.5, 0.6) is 5.75 Å². The monoisotopic (exact) mass is 277 g/mol. The van der Waals surface area contributed by atoms with Crippen molar-refractivity contribution in [2.24, 2.45) is 5.73 Å². The van der Waals surface area contributed by atoms with Gasteiger partial charge in [-0.1, -0.05) is 6.07 Å². The zero-order chi connectivity index (χ0) is 13.7. The van der Waals surface area contributed by atoms with Crippen LogP contribution in [-0.4, -0.2) is 12.5 Å². The summed E-state index contributed by atoms with van der Waals surface area (Å²) in [4.78, 5) is 11.7. The Balaban J connectivity index is 1.95. The second-order valence-corrected chi connectivity index (χ2v) is 4.94. The van der Waals surface area contributed by atoms with E-state index in [1.165, 1.54) is 0 Å². The summed E-state index contributed by atoms with van der Waals surface area (Å²) in [7, 11) is 0. The Labute approximate surface area is 115 Å². The highest BCUT2D eigenvalue weighted by atomic mass is 32.1. The third kappa shape index (κ3) is 3.89. The molecule has 0 saturated carbocycles. The summed E-state index contributed by atoms with van der Waals surface area (Å²) >= 11 is 1.61. The number of carbonyl (C=O) groups excluding carboxylic acids is 1. The molecule has 2 aromatic rings. The fourth-order valence-electron chi connectivity index (χ4n) is 1.53. The Kier molecular flexibility index (Phi) is 4.25. The van der Waals surface area contributed by atoms with E-state index in [9.17, 15) is 4.79 Å². The van der Waals surface area contributed by atoms with Crippen molar-refractivity contribution < 1.29 is 9.53 Å². The van der Waals surface area contributed by atoms with Gasteiger partial charge in [0.25, 0.3) is 5.91 Å². The highest BCUT2D eigenvalue weighted by Gasteiger charge is 2.02. The predicted molar refractivity (Wildman–Crippen MR) is 77.2 cm³/mol. The Hall–Kier alpha value is -2.21. The number of benzene rings is 1. The number of thiophene rings is 1. The van der Waals surface area contributed by atoms with E-state index in [-0.39, 0.29) is 6.61 Å². The van der Waals surface area contributed by atoms with Crippen molar-refractivity contribution in [2.75, 3.05) is 17.7 Å². The molecule has 1 amide bonds. The van der Waals surface area contributed by atoms with E-state index in [1.54, 1.807) is 17.4 Å². The molecule has 0 aliphatic carbocycles. The maximum absolute atomic E-state index is 10.6. The van der Waals surface area contributed by atoms with E-state index in [4.69, 9.17) is 16.2 Å². The minimum atomic E-state index is -0.496. The van der Waals surface area contributed by atoms with E-state index in [0.29, 0.717) is 12.3 Å². The lowest BCUT2D eigenvalue weighted by molar-refractivity contribution is -0.119. The van der Waals surface area contributed by atoms with Gasteiger partial charge in [0, 0.05) is 22.3 Å². The minimum absolute atomic E-state index is 0.124. The highest BCUT2D eigenvalue weighted by Crippen LogP contribution is 2.22. The Morgan fingerprint density at radius 1 is 1.37 bits per heavy atom. The highest BCUT2D eigenvalue weighted by molar-refractivity contribution is 7.10. The lowest BCUT2D eigenvalue weighted by atomic mass is 10.3. The number of carbonyl (C=O) groups is 1. The number of hydrogen-bond donors (Lipinski definition) is 3. The lowest BCUT2D eigenvalue weighted by Crippen LogP contribution is -2.20. The van der Waals surface area contributed by atoms with E-state index in [1.807, 2.05) is 29.6 Å². The van der Waals surface area contributed by atoms with Crippen LogP contribution in [0.2, 0.25) is 0 Å². The number of primary amides is 1. The van der Waals surface area contributed by atoms with Crippen molar-refractivity contribution in [1.29, 1.82) is 0 Å². The van der Waals surface area contributed by atoms with Crippen molar-refractivity contribution in [1.82, 2.24) is 0 Å².